The van der Waals surface area contributed by atoms with E-state index in [-0.39, 0.29) is 18.3 Å². The highest BCUT2D eigenvalue weighted by molar-refractivity contribution is 7.98. The molecule has 2 heterocycles. The molecular formula is C29H27NO6S. The highest BCUT2D eigenvalue weighted by Crippen LogP contribution is 2.33. The van der Waals surface area contributed by atoms with Gasteiger partial charge in [0, 0.05) is 28.9 Å². The maximum atomic E-state index is 13.1. The van der Waals surface area contributed by atoms with Gasteiger partial charge in [0.2, 0.25) is 0 Å². The Bertz CT molecular complexity index is 1460. The lowest BCUT2D eigenvalue weighted by Crippen LogP contribution is -2.38. The molecule has 1 aromatic heterocycles. The lowest BCUT2D eigenvalue weighted by Gasteiger charge is -2.29. The van der Waals surface area contributed by atoms with Crippen molar-refractivity contribution in [1.82, 2.24) is 4.90 Å². The van der Waals surface area contributed by atoms with Gasteiger partial charge in [-0.2, -0.15) is 0 Å². The van der Waals surface area contributed by atoms with Crippen LogP contribution in [0.1, 0.15) is 27.0 Å². The number of fused-ring (bicyclic) bond motifs is 2. The van der Waals surface area contributed by atoms with E-state index in [1.165, 1.54) is 6.26 Å². The number of thioether (sulfide) groups is 1. The van der Waals surface area contributed by atoms with Crippen molar-refractivity contribution in [3.05, 3.63) is 83.1 Å². The number of carbonyl (C=O) groups excluding carboxylic acids is 2. The van der Waals surface area contributed by atoms with Gasteiger partial charge < -0.3 is 23.5 Å². The van der Waals surface area contributed by atoms with E-state index >= 15 is 0 Å². The van der Waals surface area contributed by atoms with Crippen molar-refractivity contribution in [2.75, 3.05) is 33.6 Å². The van der Waals surface area contributed by atoms with Crippen LogP contribution in [0.3, 0.4) is 0 Å². The minimum atomic E-state index is -0.126. The van der Waals surface area contributed by atoms with Crippen LogP contribution in [0.2, 0.25) is 0 Å². The van der Waals surface area contributed by atoms with Crippen molar-refractivity contribution in [3.8, 4) is 17.2 Å². The molecular weight excluding hydrogens is 490 g/mol. The van der Waals surface area contributed by atoms with Crippen molar-refractivity contribution in [2.45, 2.75) is 17.9 Å². The highest BCUT2D eigenvalue weighted by atomic mass is 32.2. The summed E-state index contributed by atoms with van der Waals surface area (Å²) in [6.07, 6.45) is 4.19. The molecule has 3 aromatic carbocycles. The van der Waals surface area contributed by atoms with Crippen LogP contribution in [-0.2, 0) is 17.8 Å². The number of carbonyl (C=O) groups is 2. The van der Waals surface area contributed by atoms with Crippen LogP contribution in [0, 0.1) is 0 Å². The number of nitrogens with zero attached hydrogens (tertiary/aromatic N) is 1. The zero-order valence-corrected chi connectivity index (χ0v) is 21.7. The van der Waals surface area contributed by atoms with E-state index in [0.717, 1.165) is 22.4 Å². The molecule has 37 heavy (non-hydrogen) atoms. The summed E-state index contributed by atoms with van der Waals surface area (Å²) in [6.45, 7) is 0.970. The van der Waals surface area contributed by atoms with Crippen molar-refractivity contribution >= 4 is 34.4 Å². The number of amides is 1. The molecule has 0 bridgehead atoms. The average molecular weight is 518 g/mol. The zero-order valence-electron chi connectivity index (χ0n) is 20.9. The molecule has 5 rings (SSSR count). The van der Waals surface area contributed by atoms with Gasteiger partial charge >= 0.3 is 0 Å². The summed E-state index contributed by atoms with van der Waals surface area (Å²) in [5.41, 5.74) is 3.81. The van der Waals surface area contributed by atoms with E-state index in [1.807, 2.05) is 42.7 Å². The standard InChI is InChI=1S/C29H27NO6S/c1-33-26-12-19-10-11-30(15-20(19)13-27(26)34-2)28(31)17-35-21-6-9-25-23(14-21)24(16-36-25)29(32)18-4-7-22(37-3)8-5-18/h4-9,12-14,16H,10-11,15,17H2,1-3H3. The second-order valence-corrected chi connectivity index (χ2v) is 9.57. The molecule has 1 amide bonds. The van der Waals surface area contributed by atoms with Gasteiger partial charge in [-0.15, -0.1) is 11.8 Å². The normalized spacial score (nSPS) is 12.8. The molecule has 0 unspecified atom stereocenters. The first kappa shape index (κ1) is 24.8. The van der Waals surface area contributed by atoms with Gasteiger partial charge in [-0.25, -0.2) is 0 Å². The van der Waals surface area contributed by atoms with E-state index in [4.69, 9.17) is 18.6 Å². The third kappa shape index (κ3) is 5.02. The number of ketones is 1. The Balaban J connectivity index is 1.28. The van der Waals surface area contributed by atoms with Gasteiger partial charge in [0.1, 0.15) is 17.6 Å². The molecule has 1 aliphatic heterocycles. The fourth-order valence-corrected chi connectivity index (χ4v) is 4.91. The zero-order chi connectivity index (χ0) is 25.9. The Hall–Kier alpha value is -3.91. The number of benzene rings is 3. The van der Waals surface area contributed by atoms with Crippen LogP contribution in [-0.4, -0.2) is 50.2 Å². The monoisotopic (exact) mass is 517 g/mol. The molecule has 0 saturated heterocycles. The minimum Gasteiger partial charge on any atom is -0.493 e. The fraction of sp³-hybridized carbons (Fsp3) is 0.241. The molecule has 8 heteroatoms. The predicted molar refractivity (Wildman–Crippen MR) is 142 cm³/mol. The SMILES string of the molecule is COc1cc2c(cc1OC)CN(C(=O)COc1ccc3occ(C(=O)c4ccc(SC)cc4)c3c1)CC2. The number of hydrogen-bond acceptors (Lipinski definition) is 7. The Labute approximate surface area is 219 Å². The summed E-state index contributed by atoms with van der Waals surface area (Å²) in [5.74, 6) is 1.59. The van der Waals surface area contributed by atoms with E-state index in [9.17, 15) is 9.59 Å². The topological polar surface area (TPSA) is 78.2 Å². The lowest BCUT2D eigenvalue weighted by atomic mass is 9.99. The summed E-state index contributed by atoms with van der Waals surface area (Å²) in [4.78, 5) is 28.9. The molecule has 0 atom stereocenters. The maximum Gasteiger partial charge on any atom is 0.260 e. The molecule has 0 fully saturated rings. The number of hydrogen-bond donors (Lipinski definition) is 0. The van der Waals surface area contributed by atoms with Gasteiger partial charge in [0.25, 0.3) is 5.91 Å². The second kappa shape index (κ2) is 10.6. The third-order valence-electron chi connectivity index (χ3n) is 6.57. The Kier molecular flexibility index (Phi) is 7.10. The summed E-state index contributed by atoms with van der Waals surface area (Å²) >= 11 is 1.62. The molecule has 0 N–H and O–H groups in total. The van der Waals surface area contributed by atoms with E-state index in [1.54, 1.807) is 49.1 Å². The smallest absolute Gasteiger partial charge is 0.260 e. The second-order valence-electron chi connectivity index (χ2n) is 8.69. The number of furan rings is 1. The van der Waals surface area contributed by atoms with Crippen molar-refractivity contribution in [2.24, 2.45) is 0 Å². The molecule has 190 valence electrons. The van der Waals surface area contributed by atoms with E-state index in [2.05, 4.69) is 0 Å². The Morgan fingerprint density at radius 1 is 0.973 bits per heavy atom. The molecule has 0 radical (unpaired) electrons. The number of rotatable bonds is 8. The molecule has 0 aliphatic carbocycles. The first-order chi connectivity index (χ1) is 18.0. The lowest BCUT2D eigenvalue weighted by molar-refractivity contribution is -0.134. The maximum absolute atomic E-state index is 13.1. The van der Waals surface area contributed by atoms with Crippen LogP contribution in [0.15, 0.2) is 70.2 Å². The van der Waals surface area contributed by atoms with Crippen molar-refractivity contribution in [1.29, 1.82) is 0 Å². The first-order valence-corrected chi connectivity index (χ1v) is 13.1. The minimum absolute atomic E-state index is 0.106. The summed E-state index contributed by atoms with van der Waals surface area (Å²) < 4.78 is 22.3. The number of methoxy groups -OCH3 is 2. The molecule has 1 aliphatic rings. The Morgan fingerprint density at radius 3 is 2.41 bits per heavy atom. The quantitative estimate of drug-likeness (QED) is 0.230. The van der Waals surface area contributed by atoms with Gasteiger partial charge in [-0.3, -0.25) is 9.59 Å². The van der Waals surface area contributed by atoms with Crippen LogP contribution in [0.25, 0.3) is 11.0 Å². The van der Waals surface area contributed by atoms with Crippen LogP contribution in [0.5, 0.6) is 17.2 Å². The van der Waals surface area contributed by atoms with Gasteiger partial charge in [0.15, 0.2) is 23.9 Å². The molecule has 0 saturated carbocycles. The van der Waals surface area contributed by atoms with Crippen molar-refractivity contribution < 1.29 is 28.2 Å². The van der Waals surface area contributed by atoms with Crippen LogP contribution in [0.4, 0.5) is 0 Å². The molecule has 7 nitrogen and oxygen atoms in total. The van der Waals surface area contributed by atoms with Crippen LogP contribution >= 0.6 is 11.8 Å². The summed E-state index contributed by atoms with van der Waals surface area (Å²) in [6, 6.07) is 16.6. The van der Waals surface area contributed by atoms with Crippen LogP contribution < -0.4 is 14.2 Å². The molecule has 4 aromatic rings. The van der Waals surface area contributed by atoms with Crippen molar-refractivity contribution in [3.63, 3.8) is 0 Å². The third-order valence-corrected chi connectivity index (χ3v) is 7.32. The average Bonchev–Trinajstić information content (AvgIpc) is 3.37. The summed E-state index contributed by atoms with van der Waals surface area (Å²) in [5, 5.41) is 0.650. The molecule has 0 spiro atoms. The van der Waals surface area contributed by atoms with E-state index in [0.29, 0.717) is 52.4 Å². The highest BCUT2D eigenvalue weighted by Gasteiger charge is 2.23. The van der Waals surface area contributed by atoms with E-state index < -0.39 is 0 Å². The fourth-order valence-electron chi connectivity index (χ4n) is 4.50. The first-order valence-electron chi connectivity index (χ1n) is 11.8. The van der Waals surface area contributed by atoms with Gasteiger partial charge in [0.05, 0.1) is 19.8 Å². The largest absolute Gasteiger partial charge is 0.493 e. The number of ether oxygens (including phenoxy) is 3. The summed E-state index contributed by atoms with van der Waals surface area (Å²) in [7, 11) is 3.21. The Morgan fingerprint density at radius 2 is 1.70 bits per heavy atom. The van der Waals surface area contributed by atoms with Gasteiger partial charge in [-0.05, 0) is 78.4 Å². The van der Waals surface area contributed by atoms with Gasteiger partial charge in [-0.1, -0.05) is 0 Å². The predicted octanol–water partition coefficient (Wildman–Crippen LogP) is 5.37.